The summed E-state index contributed by atoms with van der Waals surface area (Å²) < 4.78 is 5.57. The number of piperazine rings is 1. The van der Waals surface area contributed by atoms with Gasteiger partial charge in [-0.15, -0.1) is 12.4 Å². The van der Waals surface area contributed by atoms with Crippen molar-refractivity contribution in [3.63, 3.8) is 0 Å². The van der Waals surface area contributed by atoms with E-state index in [0.717, 1.165) is 23.7 Å². The molecule has 0 aromatic carbocycles. The van der Waals surface area contributed by atoms with Crippen LogP contribution in [0.2, 0.25) is 0 Å². The van der Waals surface area contributed by atoms with Crippen LogP contribution in [-0.4, -0.2) is 41.7 Å². The van der Waals surface area contributed by atoms with Gasteiger partial charge in [0.2, 0.25) is 0 Å². The maximum atomic E-state index is 12.7. The summed E-state index contributed by atoms with van der Waals surface area (Å²) in [4.78, 5) is 18.7. The second-order valence-corrected chi connectivity index (χ2v) is 5.64. The number of amides is 1. The van der Waals surface area contributed by atoms with E-state index in [0.29, 0.717) is 12.3 Å². The molecular weight excluding hydrogens is 322 g/mol. The Morgan fingerprint density at radius 3 is 3.00 bits per heavy atom. The number of rotatable bonds is 3. The first kappa shape index (κ1) is 16.9. The molecular formula is C15H18ClN3O2S. The minimum atomic E-state index is -0.0642. The second kappa shape index (κ2) is 7.67. The van der Waals surface area contributed by atoms with Crippen molar-refractivity contribution in [1.29, 1.82) is 0 Å². The Morgan fingerprint density at radius 1 is 1.45 bits per heavy atom. The van der Waals surface area contributed by atoms with Crippen molar-refractivity contribution in [3.8, 4) is 0 Å². The van der Waals surface area contributed by atoms with Crippen molar-refractivity contribution in [2.75, 3.05) is 25.9 Å². The van der Waals surface area contributed by atoms with Gasteiger partial charge in [0.15, 0.2) is 10.9 Å². The Hall–Kier alpha value is -1.50. The van der Waals surface area contributed by atoms with Gasteiger partial charge in [-0.1, -0.05) is 17.8 Å². The highest BCUT2D eigenvalue weighted by atomic mass is 35.5. The molecule has 0 saturated carbocycles. The van der Waals surface area contributed by atoms with Crippen LogP contribution in [0.1, 0.15) is 22.2 Å². The number of halogens is 1. The highest BCUT2D eigenvalue weighted by Gasteiger charge is 2.30. The summed E-state index contributed by atoms with van der Waals surface area (Å²) in [5.74, 6) is 0.334. The Labute approximate surface area is 139 Å². The van der Waals surface area contributed by atoms with E-state index in [1.165, 1.54) is 11.8 Å². The molecule has 0 radical (unpaired) electrons. The SMILES string of the molecule is CSc1ccc(C(=O)N2CCNCC2c2cccnc2)o1.Cl. The summed E-state index contributed by atoms with van der Waals surface area (Å²) in [6, 6.07) is 7.46. The summed E-state index contributed by atoms with van der Waals surface area (Å²) in [6.07, 6.45) is 5.48. The zero-order chi connectivity index (χ0) is 14.7. The number of furan rings is 1. The normalized spacial score (nSPS) is 17.9. The maximum absolute atomic E-state index is 12.7. The van der Waals surface area contributed by atoms with Crippen LogP contribution in [0.15, 0.2) is 46.2 Å². The van der Waals surface area contributed by atoms with Gasteiger partial charge in [0, 0.05) is 32.0 Å². The number of pyridine rings is 1. The van der Waals surface area contributed by atoms with E-state index in [-0.39, 0.29) is 24.4 Å². The first-order chi connectivity index (χ1) is 10.3. The number of carbonyl (C=O) groups is 1. The number of hydrogen-bond donors (Lipinski definition) is 1. The van der Waals surface area contributed by atoms with Gasteiger partial charge in [-0.25, -0.2) is 0 Å². The zero-order valence-corrected chi connectivity index (χ0v) is 13.8. The predicted molar refractivity (Wildman–Crippen MR) is 88.6 cm³/mol. The molecule has 0 bridgehead atoms. The fraction of sp³-hybridized carbons (Fsp3) is 0.333. The van der Waals surface area contributed by atoms with Crippen LogP contribution in [0, 0.1) is 0 Å². The van der Waals surface area contributed by atoms with Gasteiger partial charge >= 0.3 is 0 Å². The zero-order valence-electron chi connectivity index (χ0n) is 12.2. The topological polar surface area (TPSA) is 58.4 Å². The van der Waals surface area contributed by atoms with E-state index in [2.05, 4.69) is 10.3 Å². The molecule has 1 aliphatic rings. The number of nitrogens with zero attached hydrogens (tertiary/aromatic N) is 2. The van der Waals surface area contributed by atoms with Crippen molar-refractivity contribution < 1.29 is 9.21 Å². The monoisotopic (exact) mass is 339 g/mol. The largest absolute Gasteiger partial charge is 0.445 e. The van der Waals surface area contributed by atoms with Gasteiger partial charge in [0.1, 0.15) is 0 Å². The predicted octanol–water partition coefficient (Wildman–Crippen LogP) is 2.61. The van der Waals surface area contributed by atoms with Gasteiger partial charge in [-0.05, 0) is 30.0 Å². The highest BCUT2D eigenvalue weighted by molar-refractivity contribution is 7.98. The van der Waals surface area contributed by atoms with Crippen molar-refractivity contribution in [3.05, 3.63) is 48.0 Å². The molecule has 2 aromatic heterocycles. The number of aromatic nitrogens is 1. The molecule has 7 heteroatoms. The van der Waals surface area contributed by atoms with Crippen molar-refractivity contribution in [2.45, 2.75) is 11.1 Å². The van der Waals surface area contributed by atoms with E-state index in [9.17, 15) is 4.79 Å². The van der Waals surface area contributed by atoms with Gasteiger partial charge in [-0.2, -0.15) is 0 Å². The van der Waals surface area contributed by atoms with Crippen LogP contribution in [-0.2, 0) is 0 Å². The lowest BCUT2D eigenvalue weighted by atomic mass is 10.1. The minimum Gasteiger partial charge on any atom is -0.445 e. The Bertz CT molecular complexity index is 620. The molecule has 1 amide bonds. The number of carbonyl (C=O) groups excluding carboxylic acids is 1. The Morgan fingerprint density at radius 2 is 2.32 bits per heavy atom. The molecule has 1 N–H and O–H groups in total. The quantitative estimate of drug-likeness (QED) is 0.871. The molecule has 5 nitrogen and oxygen atoms in total. The third-order valence-electron chi connectivity index (χ3n) is 3.57. The molecule has 2 aromatic rings. The average Bonchev–Trinajstić information content (AvgIpc) is 3.04. The Balaban J connectivity index is 0.00000176. The van der Waals surface area contributed by atoms with Gasteiger partial charge in [0.05, 0.1) is 6.04 Å². The standard InChI is InChI=1S/C15H17N3O2S.ClH/c1-21-14-5-4-13(20-14)15(19)18-8-7-17-10-12(18)11-3-2-6-16-9-11;/h2-6,9,12,17H,7-8,10H2,1H3;1H. The molecule has 1 unspecified atom stereocenters. The van der Waals surface area contributed by atoms with Gasteiger partial charge in [-0.3, -0.25) is 9.78 Å². The first-order valence-corrected chi connectivity index (χ1v) is 8.07. The van der Waals surface area contributed by atoms with E-state index < -0.39 is 0 Å². The summed E-state index contributed by atoms with van der Waals surface area (Å²) in [7, 11) is 0. The fourth-order valence-corrected chi connectivity index (χ4v) is 2.88. The number of thioether (sulfide) groups is 1. The van der Waals surface area contributed by atoms with Crippen LogP contribution in [0.25, 0.3) is 0 Å². The van der Waals surface area contributed by atoms with Gasteiger partial charge in [0.25, 0.3) is 5.91 Å². The van der Waals surface area contributed by atoms with Crippen molar-refractivity contribution >= 4 is 30.1 Å². The van der Waals surface area contributed by atoms with Crippen LogP contribution < -0.4 is 5.32 Å². The molecule has 3 heterocycles. The average molecular weight is 340 g/mol. The molecule has 1 aliphatic heterocycles. The molecule has 1 fully saturated rings. The van der Waals surface area contributed by atoms with Gasteiger partial charge < -0.3 is 14.6 Å². The van der Waals surface area contributed by atoms with E-state index in [1.54, 1.807) is 12.3 Å². The fourth-order valence-electron chi connectivity index (χ4n) is 2.50. The van der Waals surface area contributed by atoms with Crippen LogP contribution in [0.5, 0.6) is 0 Å². The van der Waals surface area contributed by atoms with Crippen molar-refractivity contribution in [1.82, 2.24) is 15.2 Å². The molecule has 0 spiro atoms. The Kier molecular flexibility index (Phi) is 5.88. The van der Waals surface area contributed by atoms with E-state index >= 15 is 0 Å². The van der Waals surface area contributed by atoms with Crippen molar-refractivity contribution in [2.24, 2.45) is 0 Å². The highest BCUT2D eigenvalue weighted by Crippen LogP contribution is 2.25. The lowest BCUT2D eigenvalue weighted by molar-refractivity contribution is 0.0596. The first-order valence-electron chi connectivity index (χ1n) is 6.85. The molecule has 0 aliphatic carbocycles. The lowest BCUT2D eigenvalue weighted by Crippen LogP contribution is -2.48. The lowest BCUT2D eigenvalue weighted by Gasteiger charge is -2.35. The number of nitrogens with one attached hydrogen (secondary N) is 1. The third-order valence-corrected chi connectivity index (χ3v) is 4.19. The third kappa shape index (κ3) is 3.45. The van der Waals surface area contributed by atoms with E-state index in [4.69, 9.17) is 4.42 Å². The van der Waals surface area contributed by atoms with Crippen LogP contribution in [0.3, 0.4) is 0 Å². The second-order valence-electron chi connectivity index (χ2n) is 4.83. The summed E-state index contributed by atoms with van der Waals surface area (Å²) >= 11 is 1.49. The molecule has 1 atom stereocenters. The van der Waals surface area contributed by atoms with Crippen LogP contribution >= 0.6 is 24.2 Å². The molecule has 1 saturated heterocycles. The summed E-state index contributed by atoms with van der Waals surface area (Å²) in [5, 5.41) is 4.09. The molecule has 118 valence electrons. The molecule has 22 heavy (non-hydrogen) atoms. The minimum absolute atomic E-state index is 0. The number of hydrogen-bond acceptors (Lipinski definition) is 5. The summed E-state index contributed by atoms with van der Waals surface area (Å²) in [5.41, 5.74) is 1.04. The smallest absolute Gasteiger partial charge is 0.290 e. The molecule has 3 rings (SSSR count). The van der Waals surface area contributed by atoms with Crippen LogP contribution in [0.4, 0.5) is 0 Å². The summed E-state index contributed by atoms with van der Waals surface area (Å²) in [6.45, 7) is 2.18. The maximum Gasteiger partial charge on any atom is 0.290 e. The van der Waals surface area contributed by atoms with E-state index in [1.807, 2.05) is 35.6 Å².